The van der Waals surface area contributed by atoms with Crippen LogP contribution in [0.15, 0.2) is 36.4 Å². The first-order valence-electron chi connectivity index (χ1n) is 14.8. The smallest absolute Gasteiger partial charge is 0.251 e. The molecule has 3 aliphatic rings. The van der Waals surface area contributed by atoms with Crippen molar-refractivity contribution in [2.75, 3.05) is 27.2 Å². The molecule has 0 aliphatic heterocycles. The molecule has 0 spiro atoms. The number of Topliss-reactive ketones (excluding diaryl/α,β-unsaturated/α-hetero) is 4. The Kier molecular flexibility index (Phi) is 8.06. The van der Waals surface area contributed by atoms with E-state index < -0.39 is 70.1 Å². The molecule has 0 aromatic heterocycles. The number of nitrogens with one attached hydrogen (secondary N) is 1. The predicted octanol–water partition coefficient (Wildman–Crippen LogP) is 1.17. The lowest BCUT2D eigenvalue weighted by Gasteiger charge is -2.52. The summed E-state index contributed by atoms with van der Waals surface area (Å²) >= 11 is 0. The maximum atomic E-state index is 14.0. The third kappa shape index (κ3) is 4.84. The van der Waals surface area contributed by atoms with Gasteiger partial charge in [-0.3, -0.25) is 28.8 Å². The predicted molar refractivity (Wildman–Crippen MR) is 159 cm³/mol. The lowest BCUT2D eigenvalue weighted by molar-refractivity contribution is -0.182. The zero-order chi connectivity index (χ0) is 32.2. The Labute approximate surface area is 254 Å². The average Bonchev–Trinajstić information content (AvgIpc) is 2.94. The molecule has 3 aliphatic carbocycles. The molecule has 44 heavy (non-hydrogen) atoms. The normalized spacial score (nSPS) is 28.0. The number of amides is 2. The van der Waals surface area contributed by atoms with Crippen LogP contribution in [0.1, 0.15) is 46.5 Å². The summed E-state index contributed by atoms with van der Waals surface area (Å²) in [5.41, 5.74) is 4.85. The Morgan fingerprint density at radius 3 is 2.30 bits per heavy atom. The van der Waals surface area contributed by atoms with Gasteiger partial charge >= 0.3 is 0 Å². The Morgan fingerprint density at radius 2 is 1.70 bits per heavy atom. The SMILES string of the molecule is CC(C)[C@@H]1C(=O)C(C(N)=O)C(=O)[C@@]2(O)C(=O)C3C(=O)c4c(O)ccc(-c5ccc(C(=O)NCCN(C)C)cc5)c4C[C@H]3C[C@@H]12. The number of rotatable bonds is 7. The fourth-order valence-electron chi connectivity index (χ4n) is 7.42. The van der Waals surface area contributed by atoms with Crippen LogP contribution >= 0.6 is 0 Å². The van der Waals surface area contributed by atoms with E-state index in [2.05, 4.69) is 5.32 Å². The fourth-order valence-corrected chi connectivity index (χ4v) is 7.42. The number of nitrogens with two attached hydrogens (primary N) is 1. The highest BCUT2D eigenvalue weighted by molar-refractivity contribution is 6.32. The summed E-state index contributed by atoms with van der Waals surface area (Å²) < 4.78 is 0. The first kappa shape index (κ1) is 31.2. The molecular formula is C33H37N3O8. The van der Waals surface area contributed by atoms with Gasteiger partial charge in [-0.1, -0.05) is 32.0 Å². The largest absolute Gasteiger partial charge is 0.507 e. The van der Waals surface area contributed by atoms with Crippen LogP contribution in [0.5, 0.6) is 5.75 Å². The molecule has 2 aromatic carbocycles. The topological polar surface area (TPSA) is 184 Å². The molecule has 0 radical (unpaired) electrons. The number of hydrogen-bond donors (Lipinski definition) is 4. The number of phenols is 1. The number of fused-ring (bicyclic) bond motifs is 3. The van der Waals surface area contributed by atoms with Gasteiger partial charge in [0.15, 0.2) is 34.7 Å². The van der Waals surface area contributed by atoms with Crippen molar-refractivity contribution in [3.8, 4) is 16.9 Å². The van der Waals surface area contributed by atoms with Gasteiger partial charge in [-0.05, 0) is 73.7 Å². The number of primary amides is 1. The monoisotopic (exact) mass is 603 g/mol. The highest BCUT2D eigenvalue weighted by Gasteiger charge is 2.69. The average molecular weight is 604 g/mol. The number of hydrogen-bond acceptors (Lipinski definition) is 9. The maximum Gasteiger partial charge on any atom is 0.251 e. The van der Waals surface area contributed by atoms with E-state index in [4.69, 9.17) is 5.73 Å². The minimum atomic E-state index is -2.73. The van der Waals surface area contributed by atoms with Gasteiger partial charge in [-0.15, -0.1) is 0 Å². The number of ketones is 4. The molecule has 11 heteroatoms. The highest BCUT2D eigenvalue weighted by Crippen LogP contribution is 2.53. The number of aliphatic hydroxyl groups is 1. The molecule has 232 valence electrons. The summed E-state index contributed by atoms with van der Waals surface area (Å²) in [6, 6.07) is 9.83. The summed E-state index contributed by atoms with van der Waals surface area (Å²) in [7, 11) is 3.82. The summed E-state index contributed by atoms with van der Waals surface area (Å²) in [6.45, 7) is 4.58. The molecule has 11 nitrogen and oxygen atoms in total. The third-order valence-electron chi connectivity index (χ3n) is 9.50. The number of nitrogens with zero attached hydrogens (tertiary/aromatic N) is 1. The molecule has 2 unspecified atom stereocenters. The minimum absolute atomic E-state index is 0.00501. The second-order valence-corrected chi connectivity index (χ2v) is 12.8. The van der Waals surface area contributed by atoms with Crippen molar-refractivity contribution in [2.45, 2.75) is 32.3 Å². The van der Waals surface area contributed by atoms with Gasteiger partial charge in [0, 0.05) is 30.5 Å². The number of carbonyl (C=O) groups excluding carboxylic acids is 6. The number of likely N-dealkylation sites (N-methyl/N-ethyl adjacent to an activating group) is 1. The van der Waals surface area contributed by atoms with Crippen LogP contribution < -0.4 is 11.1 Å². The van der Waals surface area contributed by atoms with Crippen LogP contribution in [0.4, 0.5) is 0 Å². The molecule has 2 aromatic rings. The molecule has 5 rings (SSSR count). The van der Waals surface area contributed by atoms with Crippen molar-refractivity contribution in [3.05, 3.63) is 53.1 Å². The molecule has 2 fully saturated rings. The second kappa shape index (κ2) is 11.4. The van der Waals surface area contributed by atoms with Gasteiger partial charge in [0.1, 0.15) is 5.75 Å². The van der Waals surface area contributed by atoms with Crippen molar-refractivity contribution in [1.29, 1.82) is 0 Å². The highest BCUT2D eigenvalue weighted by atomic mass is 16.3. The van der Waals surface area contributed by atoms with E-state index in [0.29, 0.717) is 35.3 Å². The Morgan fingerprint density at radius 1 is 1.05 bits per heavy atom. The van der Waals surface area contributed by atoms with E-state index in [1.54, 1.807) is 44.2 Å². The van der Waals surface area contributed by atoms with Crippen LogP contribution in [0.3, 0.4) is 0 Å². The summed E-state index contributed by atoms with van der Waals surface area (Å²) in [5.74, 6) is -12.2. The zero-order valence-electron chi connectivity index (χ0n) is 25.1. The number of phenolic OH excluding ortho intramolecular Hbond substituents is 1. The van der Waals surface area contributed by atoms with Gasteiger partial charge < -0.3 is 26.2 Å². The maximum absolute atomic E-state index is 14.0. The zero-order valence-corrected chi connectivity index (χ0v) is 25.1. The summed E-state index contributed by atoms with van der Waals surface area (Å²) in [6.07, 6.45) is 0.165. The van der Waals surface area contributed by atoms with Gasteiger partial charge in [-0.25, -0.2) is 0 Å². The Hall–Kier alpha value is -4.22. The molecule has 0 saturated heterocycles. The van der Waals surface area contributed by atoms with Crippen LogP contribution in [0.25, 0.3) is 11.1 Å². The van der Waals surface area contributed by atoms with Crippen molar-refractivity contribution >= 4 is 34.9 Å². The van der Waals surface area contributed by atoms with Crippen LogP contribution in [0.2, 0.25) is 0 Å². The van der Waals surface area contributed by atoms with Crippen LogP contribution in [0, 0.1) is 35.5 Å². The van der Waals surface area contributed by atoms with E-state index in [0.717, 1.165) is 0 Å². The molecule has 6 atom stereocenters. The van der Waals surface area contributed by atoms with Gasteiger partial charge in [0.05, 0.1) is 11.5 Å². The van der Waals surface area contributed by atoms with E-state index in [9.17, 15) is 39.0 Å². The van der Waals surface area contributed by atoms with Crippen LogP contribution in [-0.4, -0.2) is 82.8 Å². The standard InChI is InChI=1S/C33H37N3O8/c1-15(2)23-21-14-18-13-20-19(16-5-7-17(8-6-16)32(43)35-11-12-36(3)4)9-10-22(37)25(20)28(39)24(18)29(40)33(21,44)30(41)26(27(23)38)31(34)42/h5-10,15,18,21,23-24,26,37,44H,11-14H2,1-4H3,(H2,34,42)(H,35,43)/t18-,21-,23-,24?,26?,33-/m0/s1. The fraction of sp³-hybridized carbons (Fsp3) is 0.455. The van der Waals surface area contributed by atoms with Gasteiger partial charge in [0.2, 0.25) is 5.91 Å². The Balaban J connectivity index is 1.52. The van der Waals surface area contributed by atoms with Crippen molar-refractivity contribution < 1.29 is 39.0 Å². The van der Waals surface area contributed by atoms with Gasteiger partial charge in [-0.2, -0.15) is 0 Å². The molecule has 2 saturated carbocycles. The first-order chi connectivity index (χ1) is 20.7. The van der Waals surface area contributed by atoms with E-state index >= 15 is 0 Å². The number of benzene rings is 2. The molecule has 0 bridgehead atoms. The quantitative estimate of drug-likeness (QED) is 0.337. The second-order valence-electron chi connectivity index (χ2n) is 12.8. The lowest BCUT2D eigenvalue weighted by atomic mass is 9.49. The van der Waals surface area contributed by atoms with E-state index in [-0.39, 0.29) is 30.1 Å². The minimum Gasteiger partial charge on any atom is -0.507 e. The molecule has 5 N–H and O–H groups in total. The van der Waals surface area contributed by atoms with Gasteiger partial charge in [0.25, 0.3) is 5.91 Å². The van der Waals surface area contributed by atoms with E-state index in [1.165, 1.54) is 6.07 Å². The molecular weight excluding hydrogens is 566 g/mol. The third-order valence-corrected chi connectivity index (χ3v) is 9.50. The Bertz CT molecular complexity index is 1580. The van der Waals surface area contributed by atoms with Crippen molar-refractivity contribution in [3.63, 3.8) is 0 Å². The summed E-state index contributed by atoms with van der Waals surface area (Å²) in [5, 5.41) is 25.4. The lowest BCUT2D eigenvalue weighted by Crippen LogP contribution is -2.71. The van der Waals surface area contributed by atoms with Crippen molar-refractivity contribution in [2.24, 2.45) is 41.2 Å². The number of aromatic hydroxyl groups is 1. The first-order valence-corrected chi connectivity index (χ1v) is 14.8. The van der Waals surface area contributed by atoms with Crippen LogP contribution in [-0.2, 0) is 25.6 Å². The molecule has 0 heterocycles. The molecule has 2 amide bonds. The van der Waals surface area contributed by atoms with Crippen molar-refractivity contribution in [1.82, 2.24) is 10.2 Å². The van der Waals surface area contributed by atoms with E-state index in [1.807, 2.05) is 19.0 Å². The number of carbonyl (C=O) groups is 6. The summed E-state index contributed by atoms with van der Waals surface area (Å²) in [4.78, 5) is 81.4.